The van der Waals surface area contributed by atoms with E-state index in [2.05, 4.69) is 31.0 Å². The molecule has 4 atom stereocenters. The van der Waals surface area contributed by atoms with Gasteiger partial charge in [-0.3, -0.25) is 0 Å². The van der Waals surface area contributed by atoms with E-state index in [4.69, 9.17) is 0 Å². The lowest BCUT2D eigenvalue weighted by Gasteiger charge is -2.49. The van der Waals surface area contributed by atoms with Crippen molar-refractivity contribution < 1.29 is 5.11 Å². The van der Waals surface area contributed by atoms with Crippen LogP contribution in [0.2, 0.25) is 0 Å². The van der Waals surface area contributed by atoms with Crippen molar-refractivity contribution in [3.8, 4) is 5.75 Å². The minimum Gasteiger partial charge on any atom is -0.508 e. The molecule has 0 spiro atoms. The van der Waals surface area contributed by atoms with Crippen LogP contribution in [0.4, 0.5) is 0 Å². The van der Waals surface area contributed by atoms with Crippen LogP contribution in [0.5, 0.6) is 5.75 Å². The molecule has 0 heterocycles. The third kappa shape index (κ3) is 2.48. The quantitative estimate of drug-likeness (QED) is 0.756. The smallest absolute Gasteiger partial charge is 0.120 e. The van der Waals surface area contributed by atoms with Crippen molar-refractivity contribution in [2.45, 2.75) is 76.8 Å². The second-order valence-corrected chi connectivity index (χ2v) is 9.35. The number of hydrogen-bond acceptors (Lipinski definition) is 2. The highest BCUT2D eigenvalue weighted by atomic mass is 16.3. The van der Waals surface area contributed by atoms with E-state index in [1.807, 2.05) is 0 Å². The van der Waals surface area contributed by atoms with Gasteiger partial charge in [-0.2, -0.15) is 0 Å². The molecule has 0 aliphatic heterocycles. The van der Waals surface area contributed by atoms with Crippen LogP contribution >= 0.6 is 0 Å². The van der Waals surface area contributed by atoms with E-state index < -0.39 is 0 Å². The van der Waals surface area contributed by atoms with Crippen molar-refractivity contribution in [2.75, 3.05) is 0 Å². The predicted molar refractivity (Wildman–Crippen MR) is 102 cm³/mol. The standard InChI is InChI=1S/C23H31NO/c1-14-3-8-21-19-7-4-15-12-22(25)16(13-24-17-5-6-17)11-20(15)18(19)9-10-23(14,21)2/h11-12,17-19,21,24-25H,1,3-10,13H2,2H3/t18?,19?,21?,23-/m1/s1. The highest BCUT2D eigenvalue weighted by Crippen LogP contribution is 2.62. The molecule has 3 unspecified atom stereocenters. The highest BCUT2D eigenvalue weighted by Gasteiger charge is 2.51. The lowest BCUT2D eigenvalue weighted by Crippen LogP contribution is -2.40. The summed E-state index contributed by atoms with van der Waals surface area (Å²) < 4.78 is 0. The molecule has 0 radical (unpaired) electrons. The van der Waals surface area contributed by atoms with Crippen molar-refractivity contribution >= 4 is 0 Å². The Balaban J connectivity index is 1.46. The molecule has 4 aliphatic rings. The van der Waals surface area contributed by atoms with Crippen LogP contribution in [-0.2, 0) is 13.0 Å². The minimum atomic E-state index is 0.395. The van der Waals surface area contributed by atoms with Gasteiger partial charge in [0.2, 0.25) is 0 Å². The first-order chi connectivity index (χ1) is 12.1. The Morgan fingerprint density at radius 3 is 2.80 bits per heavy atom. The Hall–Kier alpha value is -1.28. The monoisotopic (exact) mass is 337 g/mol. The zero-order chi connectivity index (χ0) is 17.2. The van der Waals surface area contributed by atoms with Gasteiger partial charge < -0.3 is 10.4 Å². The maximum atomic E-state index is 10.5. The number of benzene rings is 1. The summed E-state index contributed by atoms with van der Waals surface area (Å²) in [6.45, 7) is 7.73. The molecular weight excluding hydrogens is 306 g/mol. The number of aromatic hydroxyl groups is 1. The van der Waals surface area contributed by atoms with Gasteiger partial charge in [0.05, 0.1) is 0 Å². The second-order valence-electron chi connectivity index (χ2n) is 9.35. The van der Waals surface area contributed by atoms with Crippen LogP contribution in [0.15, 0.2) is 24.3 Å². The fourth-order valence-electron chi connectivity index (χ4n) is 6.25. The van der Waals surface area contributed by atoms with Gasteiger partial charge in [-0.05, 0) is 91.7 Å². The Morgan fingerprint density at radius 1 is 1.16 bits per heavy atom. The summed E-state index contributed by atoms with van der Waals surface area (Å²) in [6.07, 6.45) is 10.2. The third-order valence-corrected chi connectivity index (χ3v) is 8.04. The van der Waals surface area contributed by atoms with E-state index in [1.165, 1.54) is 56.1 Å². The Morgan fingerprint density at radius 2 is 2.00 bits per heavy atom. The second kappa shape index (κ2) is 5.61. The summed E-state index contributed by atoms with van der Waals surface area (Å²) in [4.78, 5) is 0. The molecule has 25 heavy (non-hydrogen) atoms. The summed E-state index contributed by atoms with van der Waals surface area (Å²) in [6, 6.07) is 5.11. The number of allylic oxidation sites excluding steroid dienone is 1. The molecule has 4 aliphatic carbocycles. The number of fused-ring (bicyclic) bond motifs is 5. The van der Waals surface area contributed by atoms with E-state index in [9.17, 15) is 5.11 Å². The number of phenols is 1. The first-order valence-electron chi connectivity index (χ1n) is 10.3. The molecule has 2 N–H and O–H groups in total. The van der Waals surface area contributed by atoms with E-state index in [-0.39, 0.29) is 0 Å². The van der Waals surface area contributed by atoms with Gasteiger partial charge in [0.15, 0.2) is 0 Å². The van der Waals surface area contributed by atoms with Crippen molar-refractivity contribution in [1.29, 1.82) is 0 Å². The Bertz CT molecular complexity index is 719. The van der Waals surface area contributed by atoms with E-state index in [0.717, 1.165) is 30.4 Å². The average molecular weight is 338 g/mol. The molecule has 0 amide bonds. The number of phenolic OH excluding ortho intramolecular Hbond substituents is 1. The number of nitrogens with one attached hydrogen (secondary N) is 1. The first-order valence-corrected chi connectivity index (χ1v) is 10.3. The van der Waals surface area contributed by atoms with Crippen molar-refractivity contribution in [1.82, 2.24) is 5.32 Å². The topological polar surface area (TPSA) is 32.3 Å². The van der Waals surface area contributed by atoms with E-state index in [1.54, 1.807) is 5.56 Å². The van der Waals surface area contributed by atoms with Gasteiger partial charge >= 0.3 is 0 Å². The van der Waals surface area contributed by atoms with Gasteiger partial charge in [0.1, 0.15) is 5.75 Å². The SMILES string of the molecule is C=C1CCC2C3CCc4cc(O)c(CNC5CC5)cc4C3CC[C@]12C. The largest absolute Gasteiger partial charge is 0.508 e. The van der Waals surface area contributed by atoms with Crippen molar-refractivity contribution in [2.24, 2.45) is 17.3 Å². The van der Waals surface area contributed by atoms with E-state index in [0.29, 0.717) is 23.1 Å². The minimum absolute atomic E-state index is 0.395. The van der Waals surface area contributed by atoms with Gasteiger partial charge in [-0.15, -0.1) is 0 Å². The fourth-order valence-corrected chi connectivity index (χ4v) is 6.25. The summed E-state index contributed by atoms with van der Waals surface area (Å²) in [5, 5.41) is 14.0. The van der Waals surface area contributed by atoms with Crippen molar-refractivity contribution in [3.63, 3.8) is 0 Å². The third-order valence-electron chi connectivity index (χ3n) is 8.04. The Kier molecular flexibility index (Phi) is 3.57. The van der Waals surface area contributed by atoms with Gasteiger partial charge in [0, 0.05) is 18.2 Å². The first kappa shape index (κ1) is 15.9. The average Bonchev–Trinajstić information content (AvgIpc) is 3.37. The highest BCUT2D eigenvalue weighted by molar-refractivity contribution is 5.46. The molecule has 3 saturated carbocycles. The maximum Gasteiger partial charge on any atom is 0.120 e. The van der Waals surface area contributed by atoms with Crippen LogP contribution in [0.1, 0.15) is 74.5 Å². The van der Waals surface area contributed by atoms with E-state index >= 15 is 0 Å². The molecule has 3 fully saturated rings. The van der Waals surface area contributed by atoms with Gasteiger partial charge in [0.25, 0.3) is 0 Å². The summed E-state index contributed by atoms with van der Waals surface area (Å²) in [5.41, 5.74) is 5.99. The molecule has 2 heteroatoms. The lowest BCUT2D eigenvalue weighted by atomic mass is 9.55. The number of aryl methyl sites for hydroxylation is 1. The van der Waals surface area contributed by atoms with Gasteiger partial charge in [-0.1, -0.05) is 25.1 Å². The summed E-state index contributed by atoms with van der Waals surface area (Å²) >= 11 is 0. The van der Waals surface area contributed by atoms with Gasteiger partial charge in [-0.25, -0.2) is 0 Å². The maximum absolute atomic E-state index is 10.5. The lowest BCUT2D eigenvalue weighted by molar-refractivity contribution is 0.0816. The van der Waals surface area contributed by atoms with Crippen LogP contribution in [0.25, 0.3) is 0 Å². The zero-order valence-corrected chi connectivity index (χ0v) is 15.5. The summed E-state index contributed by atoms with van der Waals surface area (Å²) in [7, 11) is 0. The molecule has 1 aromatic carbocycles. The van der Waals surface area contributed by atoms with Crippen LogP contribution in [0.3, 0.4) is 0 Å². The van der Waals surface area contributed by atoms with Crippen molar-refractivity contribution in [3.05, 3.63) is 41.0 Å². The number of hydrogen-bond donors (Lipinski definition) is 2. The molecule has 1 aromatic rings. The van der Waals surface area contributed by atoms with Crippen LogP contribution in [-0.4, -0.2) is 11.1 Å². The zero-order valence-electron chi connectivity index (χ0n) is 15.5. The molecule has 2 nitrogen and oxygen atoms in total. The fraction of sp³-hybridized carbons (Fsp3) is 0.652. The predicted octanol–water partition coefficient (Wildman–Crippen LogP) is 5.06. The molecule has 134 valence electrons. The molecule has 5 rings (SSSR count). The molecule has 0 bridgehead atoms. The van der Waals surface area contributed by atoms with Crippen LogP contribution in [0, 0.1) is 17.3 Å². The molecular formula is C23H31NO. The number of rotatable bonds is 3. The normalized spacial score (nSPS) is 36.7. The summed E-state index contributed by atoms with van der Waals surface area (Å²) in [5.74, 6) is 2.85. The molecule has 0 saturated heterocycles. The molecule has 0 aromatic heterocycles. The Labute approximate surface area is 151 Å². The van der Waals surface area contributed by atoms with Crippen LogP contribution < -0.4 is 5.32 Å².